The third-order valence-corrected chi connectivity index (χ3v) is 6.11. The number of carbonyl (C=O) groups is 1. The molecule has 1 unspecified atom stereocenters. The fourth-order valence-corrected chi connectivity index (χ4v) is 4.94. The molecule has 20 heavy (non-hydrogen) atoms. The number of hydrogen-bond acceptors (Lipinski definition) is 4. The second kappa shape index (κ2) is 6.41. The number of carbonyl (C=O) groups excluding carboxylic acids is 1. The summed E-state index contributed by atoms with van der Waals surface area (Å²) in [5.41, 5.74) is 0.825. The lowest BCUT2D eigenvalue weighted by Crippen LogP contribution is -2.43. The maximum Gasteiger partial charge on any atom is 0.240 e. The van der Waals surface area contributed by atoms with Crippen LogP contribution in [0.15, 0.2) is 29.3 Å². The van der Waals surface area contributed by atoms with Crippen LogP contribution in [0.4, 0.5) is 5.69 Å². The standard InChI is InChI=1S/C14H15ClN2OS2/c15-10-4-1-2-5-11(10)17-8-3-6-12(13(17)18)20-14-16-7-9-19-14/h1-2,4-5,12H,3,6-9H2. The molecule has 6 heteroatoms. The Hall–Kier alpha value is -0.650. The molecule has 0 aliphatic carbocycles. The van der Waals surface area contributed by atoms with Gasteiger partial charge in [0.15, 0.2) is 0 Å². The monoisotopic (exact) mass is 326 g/mol. The number of para-hydroxylation sites is 1. The highest BCUT2D eigenvalue weighted by atomic mass is 35.5. The molecule has 1 aromatic carbocycles. The van der Waals surface area contributed by atoms with Gasteiger partial charge in [-0.1, -0.05) is 47.3 Å². The van der Waals surface area contributed by atoms with Gasteiger partial charge in [0, 0.05) is 12.3 Å². The second-order valence-electron chi connectivity index (χ2n) is 4.69. The van der Waals surface area contributed by atoms with Crippen molar-refractivity contribution in [2.45, 2.75) is 18.1 Å². The first kappa shape index (κ1) is 14.3. The van der Waals surface area contributed by atoms with Crippen LogP contribution in [0.25, 0.3) is 0 Å². The summed E-state index contributed by atoms with van der Waals surface area (Å²) < 4.78 is 1.06. The van der Waals surface area contributed by atoms with Gasteiger partial charge in [-0.3, -0.25) is 9.79 Å². The third-order valence-electron chi connectivity index (χ3n) is 3.33. The SMILES string of the molecule is O=C1C(SC2=NCCS2)CCCN1c1ccccc1Cl. The topological polar surface area (TPSA) is 32.7 Å². The molecule has 1 atom stereocenters. The zero-order valence-electron chi connectivity index (χ0n) is 10.9. The summed E-state index contributed by atoms with van der Waals surface area (Å²) in [6.45, 7) is 1.63. The van der Waals surface area contributed by atoms with Crippen molar-refractivity contribution in [2.24, 2.45) is 4.99 Å². The van der Waals surface area contributed by atoms with Crippen molar-refractivity contribution < 1.29 is 4.79 Å². The lowest BCUT2D eigenvalue weighted by atomic mass is 10.1. The van der Waals surface area contributed by atoms with Crippen LogP contribution in [0.3, 0.4) is 0 Å². The van der Waals surface area contributed by atoms with Gasteiger partial charge in [0.25, 0.3) is 0 Å². The van der Waals surface area contributed by atoms with Crippen LogP contribution in [0.1, 0.15) is 12.8 Å². The van der Waals surface area contributed by atoms with E-state index in [0.717, 1.165) is 41.7 Å². The van der Waals surface area contributed by atoms with Crippen LogP contribution >= 0.6 is 35.1 Å². The molecule has 2 aliphatic heterocycles. The van der Waals surface area contributed by atoms with Gasteiger partial charge in [-0.25, -0.2) is 0 Å². The first-order valence-corrected chi connectivity index (χ1v) is 8.90. The predicted molar refractivity (Wildman–Crippen MR) is 89.2 cm³/mol. The summed E-state index contributed by atoms with van der Waals surface area (Å²) in [6.07, 6.45) is 1.93. The van der Waals surface area contributed by atoms with E-state index in [1.54, 1.807) is 23.5 Å². The quantitative estimate of drug-likeness (QED) is 0.831. The molecule has 1 saturated heterocycles. The van der Waals surface area contributed by atoms with Gasteiger partial charge in [0.05, 0.1) is 22.5 Å². The Bertz CT molecular complexity index is 550. The summed E-state index contributed by atoms with van der Waals surface area (Å²) in [7, 11) is 0. The number of halogens is 1. The van der Waals surface area contributed by atoms with Crippen molar-refractivity contribution >= 4 is 51.1 Å². The molecule has 0 spiro atoms. The van der Waals surface area contributed by atoms with Crippen LogP contribution in [0.5, 0.6) is 0 Å². The first-order valence-electron chi connectivity index (χ1n) is 6.65. The molecule has 2 aliphatic rings. The molecule has 1 fully saturated rings. The highest BCUT2D eigenvalue weighted by molar-refractivity contribution is 8.39. The number of thioether (sulfide) groups is 2. The van der Waals surface area contributed by atoms with E-state index >= 15 is 0 Å². The van der Waals surface area contributed by atoms with Crippen LogP contribution in [-0.2, 0) is 4.79 Å². The number of rotatable bonds is 2. The predicted octanol–water partition coefficient (Wildman–Crippen LogP) is 3.67. The van der Waals surface area contributed by atoms with E-state index in [-0.39, 0.29) is 11.2 Å². The number of nitrogens with zero attached hydrogens (tertiary/aromatic N) is 2. The van der Waals surface area contributed by atoms with E-state index in [0.29, 0.717) is 5.02 Å². The Labute approximate surface area is 132 Å². The third kappa shape index (κ3) is 3.00. The molecule has 2 heterocycles. The van der Waals surface area contributed by atoms with Gasteiger partial charge >= 0.3 is 0 Å². The van der Waals surface area contributed by atoms with E-state index in [2.05, 4.69) is 4.99 Å². The molecule has 0 radical (unpaired) electrons. The maximum absolute atomic E-state index is 12.6. The van der Waals surface area contributed by atoms with Crippen molar-refractivity contribution in [3.05, 3.63) is 29.3 Å². The van der Waals surface area contributed by atoms with Crippen LogP contribution in [-0.4, -0.2) is 34.4 Å². The Balaban J connectivity index is 1.76. The smallest absolute Gasteiger partial charge is 0.240 e. The summed E-state index contributed by atoms with van der Waals surface area (Å²) in [5, 5.41) is 0.614. The van der Waals surface area contributed by atoms with Crippen molar-refractivity contribution in [3.8, 4) is 0 Å². The fourth-order valence-electron chi connectivity index (χ4n) is 2.37. The summed E-state index contributed by atoms with van der Waals surface area (Å²) >= 11 is 9.59. The van der Waals surface area contributed by atoms with E-state index in [4.69, 9.17) is 11.6 Å². The summed E-state index contributed by atoms with van der Waals surface area (Å²) in [4.78, 5) is 18.9. The minimum atomic E-state index is -0.0237. The Morgan fingerprint density at radius 3 is 3.00 bits per heavy atom. The highest BCUT2D eigenvalue weighted by Crippen LogP contribution is 2.35. The summed E-state index contributed by atoms with van der Waals surface area (Å²) in [6, 6.07) is 7.55. The molecular formula is C14H15ClN2OS2. The molecule has 0 N–H and O–H groups in total. The fraction of sp³-hybridized carbons (Fsp3) is 0.429. The number of anilines is 1. The number of aliphatic imine (C=N–C) groups is 1. The van der Waals surface area contributed by atoms with Crippen LogP contribution < -0.4 is 4.90 Å². The zero-order chi connectivity index (χ0) is 13.9. The lowest BCUT2D eigenvalue weighted by Gasteiger charge is -2.32. The Morgan fingerprint density at radius 1 is 1.40 bits per heavy atom. The number of benzene rings is 1. The molecule has 0 bridgehead atoms. The normalized spacial score (nSPS) is 23.1. The number of piperidine rings is 1. The van der Waals surface area contributed by atoms with Crippen LogP contribution in [0.2, 0.25) is 5.02 Å². The highest BCUT2D eigenvalue weighted by Gasteiger charge is 2.32. The molecule has 106 valence electrons. The molecule has 0 aromatic heterocycles. The van der Waals surface area contributed by atoms with E-state index in [9.17, 15) is 4.79 Å². The Kier molecular flexibility index (Phi) is 4.58. The zero-order valence-corrected chi connectivity index (χ0v) is 13.3. The molecular weight excluding hydrogens is 312 g/mol. The minimum Gasteiger partial charge on any atom is -0.310 e. The van der Waals surface area contributed by atoms with Crippen molar-refractivity contribution in [2.75, 3.05) is 23.7 Å². The summed E-state index contributed by atoms with van der Waals surface area (Å²) in [5.74, 6) is 1.20. The van der Waals surface area contributed by atoms with Crippen molar-refractivity contribution in [3.63, 3.8) is 0 Å². The van der Waals surface area contributed by atoms with Gasteiger partial charge in [-0.2, -0.15) is 0 Å². The maximum atomic E-state index is 12.6. The van der Waals surface area contributed by atoms with E-state index in [1.165, 1.54) is 0 Å². The molecule has 1 amide bonds. The number of amides is 1. The molecule has 3 nitrogen and oxygen atoms in total. The largest absolute Gasteiger partial charge is 0.310 e. The van der Waals surface area contributed by atoms with Crippen LogP contribution in [0, 0.1) is 0 Å². The van der Waals surface area contributed by atoms with Crippen molar-refractivity contribution in [1.29, 1.82) is 0 Å². The molecule has 3 rings (SSSR count). The minimum absolute atomic E-state index is 0.0237. The second-order valence-corrected chi connectivity index (χ2v) is 7.63. The van der Waals surface area contributed by atoms with E-state index in [1.807, 2.05) is 29.2 Å². The van der Waals surface area contributed by atoms with E-state index < -0.39 is 0 Å². The average Bonchev–Trinajstić information content (AvgIpc) is 2.95. The Morgan fingerprint density at radius 2 is 2.25 bits per heavy atom. The first-order chi connectivity index (χ1) is 9.75. The van der Waals surface area contributed by atoms with Crippen molar-refractivity contribution in [1.82, 2.24) is 0 Å². The van der Waals surface area contributed by atoms with Gasteiger partial charge in [-0.15, -0.1) is 0 Å². The molecule has 0 saturated carbocycles. The van der Waals surface area contributed by atoms with Gasteiger partial charge < -0.3 is 4.90 Å². The average molecular weight is 327 g/mol. The lowest BCUT2D eigenvalue weighted by molar-refractivity contribution is -0.119. The molecule has 1 aromatic rings. The van der Waals surface area contributed by atoms with Gasteiger partial charge in [0.2, 0.25) is 5.91 Å². The van der Waals surface area contributed by atoms with Gasteiger partial charge in [-0.05, 0) is 25.0 Å². The number of hydrogen-bond donors (Lipinski definition) is 0. The van der Waals surface area contributed by atoms with Gasteiger partial charge in [0.1, 0.15) is 4.38 Å².